The zero-order chi connectivity index (χ0) is 12.8. The van der Waals surface area contributed by atoms with Gasteiger partial charge in [-0.05, 0) is 6.07 Å². The summed E-state index contributed by atoms with van der Waals surface area (Å²) in [4.78, 5) is 10.4. The van der Waals surface area contributed by atoms with Gasteiger partial charge in [0, 0.05) is 18.7 Å². The van der Waals surface area contributed by atoms with E-state index in [4.69, 9.17) is 15.2 Å². The van der Waals surface area contributed by atoms with Crippen molar-refractivity contribution in [2.24, 2.45) is 5.73 Å². The van der Waals surface area contributed by atoms with E-state index in [-0.39, 0.29) is 6.61 Å². The van der Waals surface area contributed by atoms with Crippen molar-refractivity contribution in [3.63, 3.8) is 0 Å². The largest absolute Gasteiger partial charge is 0.486 e. The van der Waals surface area contributed by atoms with Crippen molar-refractivity contribution >= 4 is 6.09 Å². The maximum Gasteiger partial charge on any atom is 0.404 e. The van der Waals surface area contributed by atoms with E-state index in [1.165, 1.54) is 0 Å². The van der Waals surface area contributed by atoms with Gasteiger partial charge >= 0.3 is 6.09 Å². The van der Waals surface area contributed by atoms with E-state index >= 15 is 0 Å². The van der Waals surface area contributed by atoms with Crippen LogP contribution in [0.15, 0.2) is 18.2 Å². The highest BCUT2D eigenvalue weighted by Crippen LogP contribution is 2.33. The van der Waals surface area contributed by atoms with Crippen molar-refractivity contribution in [3.8, 4) is 11.5 Å². The monoisotopic (exact) mass is 252 g/mol. The lowest BCUT2D eigenvalue weighted by atomic mass is 10.1. The van der Waals surface area contributed by atoms with Gasteiger partial charge in [0.1, 0.15) is 19.8 Å². The SMILES string of the molecule is NC(=O)OCCNCc1cccc2c1OCCO2. The van der Waals surface area contributed by atoms with Crippen LogP contribution in [0, 0.1) is 0 Å². The molecule has 0 aromatic heterocycles. The standard InChI is InChI=1S/C12H16N2O4/c13-12(15)18-5-4-14-8-9-2-1-3-10-11(9)17-7-6-16-10/h1-3,14H,4-8H2,(H2,13,15). The van der Waals surface area contributed by atoms with Crippen LogP contribution in [0.5, 0.6) is 11.5 Å². The minimum absolute atomic E-state index is 0.252. The molecule has 0 saturated carbocycles. The molecule has 0 saturated heterocycles. The second-order valence-corrected chi connectivity index (χ2v) is 3.79. The zero-order valence-corrected chi connectivity index (χ0v) is 9.98. The van der Waals surface area contributed by atoms with Crippen molar-refractivity contribution < 1.29 is 19.0 Å². The molecule has 0 spiro atoms. The summed E-state index contributed by atoms with van der Waals surface area (Å²) in [6.45, 7) is 2.55. The second-order valence-electron chi connectivity index (χ2n) is 3.79. The van der Waals surface area contributed by atoms with Gasteiger partial charge in [-0.25, -0.2) is 4.79 Å². The average Bonchev–Trinajstić information content (AvgIpc) is 2.38. The number of amides is 1. The van der Waals surface area contributed by atoms with Gasteiger partial charge in [-0.3, -0.25) is 0 Å². The Kier molecular flexibility index (Phi) is 4.25. The lowest BCUT2D eigenvalue weighted by Gasteiger charge is -2.21. The Bertz CT molecular complexity index is 423. The molecule has 0 unspecified atom stereocenters. The molecule has 6 heteroatoms. The molecule has 18 heavy (non-hydrogen) atoms. The number of carbonyl (C=O) groups is 1. The molecule has 98 valence electrons. The van der Waals surface area contributed by atoms with Gasteiger partial charge in [0.15, 0.2) is 11.5 Å². The first kappa shape index (κ1) is 12.5. The third kappa shape index (κ3) is 3.27. The fourth-order valence-electron chi connectivity index (χ4n) is 1.72. The summed E-state index contributed by atoms with van der Waals surface area (Å²) in [6, 6.07) is 5.77. The van der Waals surface area contributed by atoms with Gasteiger partial charge in [-0.15, -0.1) is 0 Å². The summed E-state index contributed by atoms with van der Waals surface area (Å²) in [5, 5.41) is 3.14. The number of hydrogen-bond donors (Lipinski definition) is 2. The molecular formula is C12H16N2O4. The minimum Gasteiger partial charge on any atom is -0.486 e. The molecule has 1 heterocycles. The summed E-state index contributed by atoms with van der Waals surface area (Å²) in [6.07, 6.45) is -0.759. The van der Waals surface area contributed by atoms with E-state index in [2.05, 4.69) is 10.1 Å². The number of nitrogens with one attached hydrogen (secondary N) is 1. The summed E-state index contributed by atoms with van der Waals surface area (Å²) >= 11 is 0. The number of primary amides is 1. The third-order valence-corrected chi connectivity index (χ3v) is 2.49. The maximum atomic E-state index is 10.4. The molecule has 0 aliphatic carbocycles. The quantitative estimate of drug-likeness (QED) is 0.751. The lowest BCUT2D eigenvalue weighted by Crippen LogP contribution is -2.24. The van der Waals surface area contributed by atoms with Crippen LogP contribution in [0.2, 0.25) is 0 Å². The van der Waals surface area contributed by atoms with Crippen molar-refractivity contribution in [3.05, 3.63) is 23.8 Å². The Labute approximate surface area is 105 Å². The molecular weight excluding hydrogens is 236 g/mol. The first-order valence-corrected chi connectivity index (χ1v) is 5.78. The highest BCUT2D eigenvalue weighted by Gasteiger charge is 2.14. The number of hydrogen-bond acceptors (Lipinski definition) is 5. The number of ether oxygens (including phenoxy) is 3. The van der Waals surface area contributed by atoms with E-state index in [0.717, 1.165) is 17.1 Å². The predicted molar refractivity (Wildman–Crippen MR) is 64.7 cm³/mol. The molecule has 1 aromatic rings. The first-order valence-electron chi connectivity index (χ1n) is 5.78. The third-order valence-electron chi connectivity index (χ3n) is 2.49. The summed E-state index contributed by atoms with van der Waals surface area (Å²) in [7, 11) is 0. The molecule has 2 rings (SSSR count). The minimum atomic E-state index is -0.759. The molecule has 0 atom stereocenters. The number of rotatable bonds is 5. The Hall–Kier alpha value is -1.95. The summed E-state index contributed by atoms with van der Waals surface area (Å²) in [5.74, 6) is 1.56. The number of fused-ring (bicyclic) bond motifs is 1. The van der Waals surface area contributed by atoms with Crippen molar-refractivity contribution in [2.45, 2.75) is 6.54 Å². The van der Waals surface area contributed by atoms with Crippen molar-refractivity contribution in [1.29, 1.82) is 0 Å². The van der Waals surface area contributed by atoms with Crippen LogP contribution in [-0.4, -0.2) is 32.5 Å². The number of benzene rings is 1. The molecule has 1 aliphatic rings. The van der Waals surface area contributed by atoms with Crippen LogP contribution in [0.1, 0.15) is 5.56 Å². The van der Waals surface area contributed by atoms with Crippen LogP contribution in [0.3, 0.4) is 0 Å². The average molecular weight is 252 g/mol. The number of carbonyl (C=O) groups excluding carboxylic acids is 1. The summed E-state index contributed by atoms with van der Waals surface area (Å²) in [5.41, 5.74) is 5.87. The predicted octanol–water partition coefficient (Wildman–Crippen LogP) is 0.643. The van der Waals surface area contributed by atoms with Crippen LogP contribution in [0.25, 0.3) is 0 Å². The van der Waals surface area contributed by atoms with Crippen LogP contribution >= 0.6 is 0 Å². The highest BCUT2D eigenvalue weighted by molar-refractivity contribution is 5.64. The molecule has 3 N–H and O–H groups in total. The lowest BCUT2D eigenvalue weighted by molar-refractivity contribution is 0.157. The summed E-state index contributed by atoms with van der Waals surface area (Å²) < 4.78 is 15.7. The van der Waals surface area contributed by atoms with Gasteiger partial charge in [-0.1, -0.05) is 12.1 Å². The second kappa shape index (κ2) is 6.11. The van der Waals surface area contributed by atoms with Gasteiger partial charge < -0.3 is 25.3 Å². The normalized spacial score (nSPS) is 13.1. The van der Waals surface area contributed by atoms with Gasteiger partial charge in [0.25, 0.3) is 0 Å². The Morgan fingerprint density at radius 3 is 3.06 bits per heavy atom. The topological polar surface area (TPSA) is 82.8 Å². The van der Waals surface area contributed by atoms with Crippen molar-refractivity contribution in [1.82, 2.24) is 5.32 Å². The fourth-order valence-corrected chi connectivity index (χ4v) is 1.72. The van der Waals surface area contributed by atoms with E-state index in [9.17, 15) is 4.79 Å². The molecule has 0 fully saturated rings. The van der Waals surface area contributed by atoms with Gasteiger partial charge in [-0.2, -0.15) is 0 Å². The number of para-hydroxylation sites is 1. The van der Waals surface area contributed by atoms with Gasteiger partial charge in [0.05, 0.1) is 0 Å². The zero-order valence-electron chi connectivity index (χ0n) is 9.98. The van der Waals surface area contributed by atoms with Crippen LogP contribution in [0.4, 0.5) is 4.79 Å². The molecule has 0 bridgehead atoms. The Morgan fingerprint density at radius 2 is 2.22 bits per heavy atom. The molecule has 6 nitrogen and oxygen atoms in total. The van der Waals surface area contributed by atoms with Crippen LogP contribution in [-0.2, 0) is 11.3 Å². The number of nitrogens with two attached hydrogens (primary N) is 1. The molecule has 1 amide bonds. The fraction of sp³-hybridized carbons (Fsp3) is 0.417. The van der Waals surface area contributed by atoms with E-state index < -0.39 is 6.09 Å². The molecule has 0 radical (unpaired) electrons. The highest BCUT2D eigenvalue weighted by atomic mass is 16.6. The maximum absolute atomic E-state index is 10.4. The first-order chi connectivity index (χ1) is 8.77. The van der Waals surface area contributed by atoms with Crippen LogP contribution < -0.4 is 20.5 Å². The van der Waals surface area contributed by atoms with Gasteiger partial charge in [0.2, 0.25) is 0 Å². The van der Waals surface area contributed by atoms with E-state index in [0.29, 0.717) is 26.3 Å². The smallest absolute Gasteiger partial charge is 0.404 e. The van der Waals surface area contributed by atoms with E-state index in [1.807, 2.05) is 18.2 Å². The van der Waals surface area contributed by atoms with Crippen molar-refractivity contribution in [2.75, 3.05) is 26.4 Å². The Balaban J connectivity index is 1.84. The Morgan fingerprint density at radius 1 is 1.39 bits per heavy atom. The van der Waals surface area contributed by atoms with E-state index in [1.54, 1.807) is 0 Å². The molecule has 1 aromatic carbocycles. The molecule has 1 aliphatic heterocycles.